The zero-order valence-electron chi connectivity index (χ0n) is 29.6. The highest BCUT2D eigenvalue weighted by Crippen LogP contribution is 2.47. The van der Waals surface area contributed by atoms with Crippen LogP contribution in [0.25, 0.3) is 11.1 Å². The molecule has 22 heteroatoms. The van der Waals surface area contributed by atoms with Gasteiger partial charge in [0.25, 0.3) is 17.7 Å². The molecule has 0 aliphatic rings. The molecule has 5 aromatic rings. The molecule has 0 unspecified atom stereocenters. The van der Waals surface area contributed by atoms with Crippen molar-refractivity contribution in [2.75, 3.05) is 27.4 Å². The van der Waals surface area contributed by atoms with E-state index >= 15 is 13.2 Å². The number of carbonyl (C=O) groups excluding carboxylic acids is 4. The number of nitrogen functional groups attached to an aromatic ring is 2. The van der Waals surface area contributed by atoms with Crippen molar-refractivity contribution in [1.29, 1.82) is 0 Å². The summed E-state index contributed by atoms with van der Waals surface area (Å²) in [5, 5.41) is 5.36. The number of hydrogen-bond acceptors (Lipinski definition) is 6. The molecule has 10 nitrogen and oxygen atoms in total. The molecule has 4 amide bonds. The van der Waals surface area contributed by atoms with Gasteiger partial charge in [0.05, 0.1) is 44.8 Å². The number of alkyl halides is 12. The Morgan fingerprint density at radius 1 is 0.483 bits per heavy atom. The lowest BCUT2D eigenvalue weighted by molar-refractivity contribution is -0.138. The lowest BCUT2D eigenvalue weighted by Gasteiger charge is -2.25. The van der Waals surface area contributed by atoms with Crippen molar-refractivity contribution in [3.63, 3.8) is 0 Å². The van der Waals surface area contributed by atoms with E-state index in [-0.39, 0.29) is 17.8 Å². The van der Waals surface area contributed by atoms with Crippen LogP contribution in [0.1, 0.15) is 63.7 Å². The van der Waals surface area contributed by atoms with Crippen molar-refractivity contribution >= 4 is 52.1 Å². The summed E-state index contributed by atoms with van der Waals surface area (Å²) < 4.78 is 172. The smallest absolute Gasteiger partial charge is 0.399 e. The molecular weight excluding hydrogens is 832 g/mol. The van der Waals surface area contributed by atoms with Gasteiger partial charge in [-0.3, -0.25) is 19.2 Å². The topological polar surface area (TPSA) is 182 Å². The molecule has 0 aromatic heterocycles. The van der Waals surface area contributed by atoms with Gasteiger partial charge in [0.1, 0.15) is 0 Å². The molecule has 0 spiro atoms. The third-order valence-electron chi connectivity index (χ3n) is 8.43. The van der Waals surface area contributed by atoms with E-state index in [0.717, 1.165) is 12.1 Å². The van der Waals surface area contributed by atoms with Gasteiger partial charge in [-0.2, -0.15) is 52.7 Å². The number of anilines is 5. The van der Waals surface area contributed by atoms with E-state index < -0.39 is 127 Å². The molecular formula is C38H24F12N6O4. The number of para-hydroxylation sites is 1. The van der Waals surface area contributed by atoms with Crippen LogP contribution in [0, 0.1) is 0 Å². The molecule has 0 aliphatic carbocycles. The van der Waals surface area contributed by atoms with Gasteiger partial charge in [0, 0.05) is 33.8 Å². The van der Waals surface area contributed by atoms with Gasteiger partial charge in [-0.25, -0.2) is 0 Å². The SMILES string of the molecule is NC(=O)c1cc(NC(=O)c2ccc(C(=O)Nc3ccc(N)cc3C(F)(F)F)c(C(F)(F)F)c2)c(C(F)(F)F)c(C(=O)Nc2ccccc2)c1-c1ccc(N)cc1C(F)(F)F. The third-order valence-corrected chi connectivity index (χ3v) is 8.43. The third kappa shape index (κ3) is 9.37. The summed E-state index contributed by atoms with van der Waals surface area (Å²) in [6, 6.07) is 10.9. The van der Waals surface area contributed by atoms with Gasteiger partial charge < -0.3 is 33.2 Å². The van der Waals surface area contributed by atoms with Crippen LogP contribution in [0.3, 0.4) is 0 Å². The van der Waals surface area contributed by atoms with Crippen LogP contribution in [0.15, 0.2) is 91.0 Å². The first-order valence-electron chi connectivity index (χ1n) is 16.4. The molecule has 0 saturated heterocycles. The Balaban J connectivity index is 1.71. The van der Waals surface area contributed by atoms with Crippen molar-refractivity contribution in [1.82, 2.24) is 0 Å². The average molecular weight is 857 g/mol. The molecule has 0 saturated carbocycles. The van der Waals surface area contributed by atoms with Gasteiger partial charge in [-0.05, 0) is 72.3 Å². The molecule has 0 atom stereocenters. The summed E-state index contributed by atoms with van der Waals surface area (Å²) in [6.45, 7) is 0. The first kappa shape index (κ1) is 43.9. The molecule has 314 valence electrons. The normalized spacial score (nSPS) is 12.1. The highest BCUT2D eigenvalue weighted by atomic mass is 19.4. The van der Waals surface area contributed by atoms with Crippen molar-refractivity contribution in [2.45, 2.75) is 24.7 Å². The number of nitrogens with one attached hydrogen (secondary N) is 3. The Morgan fingerprint density at radius 2 is 1.03 bits per heavy atom. The molecule has 5 aromatic carbocycles. The van der Waals surface area contributed by atoms with E-state index in [0.29, 0.717) is 36.4 Å². The first-order valence-corrected chi connectivity index (χ1v) is 16.4. The second-order valence-corrected chi connectivity index (χ2v) is 12.6. The molecule has 0 aliphatic heterocycles. The molecule has 0 radical (unpaired) electrons. The van der Waals surface area contributed by atoms with Crippen LogP contribution < -0.4 is 33.2 Å². The van der Waals surface area contributed by atoms with E-state index in [1.807, 2.05) is 0 Å². The first-order chi connectivity index (χ1) is 27.7. The summed E-state index contributed by atoms with van der Waals surface area (Å²) in [5.41, 5.74) is -2.75. The van der Waals surface area contributed by atoms with Crippen LogP contribution in [0.5, 0.6) is 0 Å². The van der Waals surface area contributed by atoms with Gasteiger partial charge in [0.2, 0.25) is 5.91 Å². The lowest BCUT2D eigenvalue weighted by Crippen LogP contribution is -2.27. The fraction of sp³-hybridized carbons (Fsp3) is 0.105. The summed E-state index contributed by atoms with van der Waals surface area (Å²) in [7, 11) is 0. The van der Waals surface area contributed by atoms with Crippen LogP contribution in [-0.2, 0) is 24.7 Å². The Labute approximate surface area is 328 Å². The number of rotatable bonds is 8. The quantitative estimate of drug-likeness (QED) is 0.0668. The number of nitrogens with two attached hydrogens (primary N) is 3. The lowest BCUT2D eigenvalue weighted by atomic mass is 9.85. The minimum Gasteiger partial charge on any atom is -0.399 e. The molecule has 0 bridgehead atoms. The minimum absolute atomic E-state index is 0.0401. The fourth-order valence-corrected chi connectivity index (χ4v) is 5.91. The number of halogens is 12. The molecule has 0 fully saturated rings. The van der Waals surface area contributed by atoms with Crippen LogP contribution in [0.4, 0.5) is 81.1 Å². The van der Waals surface area contributed by atoms with Crippen molar-refractivity contribution in [3.05, 3.63) is 136 Å². The second-order valence-electron chi connectivity index (χ2n) is 12.6. The van der Waals surface area contributed by atoms with Gasteiger partial charge in [-0.1, -0.05) is 24.3 Å². The number of primary amides is 1. The predicted molar refractivity (Wildman–Crippen MR) is 192 cm³/mol. The van der Waals surface area contributed by atoms with E-state index in [9.17, 15) is 58.7 Å². The fourth-order valence-electron chi connectivity index (χ4n) is 5.91. The summed E-state index contributed by atoms with van der Waals surface area (Å²) >= 11 is 0. The maximum absolute atomic E-state index is 15.2. The highest BCUT2D eigenvalue weighted by molar-refractivity contribution is 6.17. The summed E-state index contributed by atoms with van der Waals surface area (Å²) in [5.74, 6) is -7.15. The Bertz CT molecular complexity index is 2530. The average Bonchev–Trinajstić information content (AvgIpc) is 3.13. The van der Waals surface area contributed by atoms with E-state index in [1.165, 1.54) is 30.3 Å². The van der Waals surface area contributed by atoms with E-state index in [2.05, 4.69) is 5.32 Å². The van der Waals surface area contributed by atoms with Crippen LogP contribution >= 0.6 is 0 Å². The van der Waals surface area contributed by atoms with Crippen molar-refractivity contribution < 1.29 is 71.9 Å². The maximum Gasteiger partial charge on any atom is 0.419 e. The predicted octanol–water partition coefficient (Wildman–Crippen LogP) is 9.45. The van der Waals surface area contributed by atoms with Gasteiger partial charge in [-0.15, -0.1) is 0 Å². The zero-order chi connectivity index (χ0) is 44.7. The van der Waals surface area contributed by atoms with Crippen molar-refractivity contribution in [2.24, 2.45) is 5.73 Å². The second kappa shape index (κ2) is 15.8. The number of amides is 4. The van der Waals surface area contributed by atoms with Crippen molar-refractivity contribution in [3.8, 4) is 11.1 Å². The van der Waals surface area contributed by atoms with E-state index in [4.69, 9.17) is 17.2 Å². The van der Waals surface area contributed by atoms with Crippen LogP contribution in [0.2, 0.25) is 0 Å². The number of benzene rings is 5. The standard InChI is InChI=1S/C38H24F12N6O4/c39-35(40,41)23-12-16(6-9-21(23)33(59)55-26-11-8-18(52)14-25(26)37(45,46)47)32(58)56-27-15-22(31(53)57)28(20-10-7-17(51)13-24(20)36(42,43)44)29(30(27)38(48,49)50)34(60)54-19-4-2-1-3-5-19/h1-15H,51-52H2,(H2,53,57)(H,54,60)(H,55,59)(H,56,58). The molecule has 5 rings (SSSR count). The Morgan fingerprint density at radius 3 is 1.58 bits per heavy atom. The Hall–Kier alpha value is -7.26. The molecule has 9 N–H and O–H groups in total. The largest absolute Gasteiger partial charge is 0.419 e. The molecule has 0 heterocycles. The van der Waals surface area contributed by atoms with E-state index in [1.54, 1.807) is 10.6 Å². The molecule has 60 heavy (non-hydrogen) atoms. The highest BCUT2D eigenvalue weighted by Gasteiger charge is 2.44. The Kier molecular flexibility index (Phi) is 11.6. The maximum atomic E-state index is 15.2. The minimum atomic E-state index is -5.81. The van der Waals surface area contributed by atoms with Gasteiger partial charge in [0.15, 0.2) is 0 Å². The summed E-state index contributed by atoms with van der Waals surface area (Å²) in [6.07, 6.45) is -21.9. The number of hydrogen-bond donors (Lipinski definition) is 6. The zero-order valence-corrected chi connectivity index (χ0v) is 29.6. The van der Waals surface area contributed by atoms with Gasteiger partial charge >= 0.3 is 24.7 Å². The van der Waals surface area contributed by atoms with Crippen LogP contribution in [-0.4, -0.2) is 23.6 Å². The summed E-state index contributed by atoms with van der Waals surface area (Å²) in [4.78, 5) is 53.2. The number of carbonyl (C=O) groups is 4. The monoisotopic (exact) mass is 856 g/mol.